The minimum absolute atomic E-state index is 0.0842. The molecule has 0 unspecified atom stereocenters. The molecule has 0 radical (unpaired) electrons. The number of alkyl halides is 1. The molecule has 1 aliphatic rings. The highest BCUT2D eigenvalue weighted by atomic mass is 19.1. The lowest BCUT2D eigenvalue weighted by Crippen LogP contribution is -2.38. The number of likely N-dealkylation sites (tertiary alicyclic amines) is 1. The molecule has 3 nitrogen and oxygen atoms in total. The second kappa shape index (κ2) is 6.64. The van der Waals surface area contributed by atoms with Crippen molar-refractivity contribution in [1.82, 2.24) is 9.88 Å². The van der Waals surface area contributed by atoms with Crippen molar-refractivity contribution in [1.29, 1.82) is 0 Å². The summed E-state index contributed by atoms with van der Waals surface area (Å²) < 4.78 is 30.6. The van der Waals surface area contributed by atoms with Crippen LogP contribution in [0.25, 0.3) is 0 Å². The van der Waals surface area contributed by atoms with Crippen LogP contribution < -0.4 is 4.74 Å². The van der Waals surface area contributed by atoms with Gasteiger partial charge in [0.1, 0.15) is 6.10 Å². The Labute approximate surface area is 106 Å². The van der Waals surface area contributed by atoms with E-state index in [0.717, 1.165) is 32.5 Å². The molecule has 0 spiro atoms. The average Bonchev–Trinajstić information content (AvgIpc) is 2.38. The van der Waals surface area contributed by atoms with Gasteiger partial charge in [-0.25, -0.2) is 0 Å². The van der Waals surface area contributed by atoms with Crippen LogP contribution >= 0.6 is 0 Å². The van der Waals surface area contributed by atoms with Crippen LogP contribution in [0, 0.1) is 5.95 Å². The molecule has 1 aromatic heterocycles. The van der Waals surface area contributed by atoms with Crippen LogP contribution in [-0.2, 0) is 0 Å². The SMILES string of the molecule is FCCCN1CCC(Oc2cccc(F)n2)CC1. The van der Waals surface area contributed by atoms with Crippen LogP contribution in [0.5, 0.6) is 5.88 Å². The van der Waals surface area contributed by atoms with Gasteiger partial charge in [-0.1, -0.05) is 6.07 Å². The van der Waals surface area contributed by atoms with Gasteiger partial charge in [-0.3, -0.25) is 4.39 Å². The van der Waals surface area contributed by atoms with Gasteiger partial charge >= 0.3 is 0 Å². The lowest BCUT2D eigenvalue weighted by molar-refractivity contribution is 0.0944. The van der Waals surface area contributed by atoms with Gasteiger partial charge in [0.15, 0.2) is 0 Å². The molecule has 0 N–H and O–H groups in total. The summed E-state index contributed by atoms with van der Waals surface area (Å²) >= 11 is 0. The molecule has 0 aliphatic carbocycles. The van der Waals surface area contributed by atoms with E-state index in [-0.39, 0.29) is 12.8 Å². The lowest BCUT2D eigenvalue weighted by Gasteiger charge is -2.31. The number of piperidine rings is 1. The molecule has 5 heteroatoms. The van der Waals surface area contributed by atoms with Gasteiger partial charge < -0.3 is 9.64 Å². The summed E-state index contributed by atoms with van der Waals surface area (Å²) in [6.07, 6.45) is 2.44. The highest BCUT2D eigenvalue weighted by molar-refractivity contribution is 5.10. The fourth-order valence-electron chi connectivity index (χ4n) is 2.16. The van der Waals surface area contributed by atoms with Crippen molar-refractivity contribution in [2.24, 2.45) is 0 Å². The Balaban J connectivity index is 1.76. The van der Waals surface area contributed by atoms with Crippen LogP contribution in [0.3, 0.4) is 0 Å². The Morgan fingerprint density at radius 1 is 1.33 bits per heavy atom. The fourth-order valence-corrected chi connectivity index (χ4v) is 2.16. The van der Waals surface area contributed by atoms with Crippen molar-refractivity contribution in [3.05, 3.63) is 24.1 Å². The number of halogens is 2. The van der Waals surface area contributed by atoms with Gasteiger partial charge in [0.05, 0.1) is 6.67 Å². The molecule has 18 heavy (non-hydrogen) atoms. The van der Waals surface area contributed by atoms with Crippen molar-refractivity contribution in [3.63, 3.8) is 0 Å². The normalized spacial score (nSPS) is 17.9. The molecular formula is C13H18F2N2O. The minimum atomic E-state index is -0.520. The number of rotatable bonds is 5. The van der Waals surface area contributed by atoms with Crippen LogP contribution in [0.1, 0.15) is 19.3 Å². The van der Waals surface area contributed by atoms with E-state index >= 15 is 0 Å². The number of pyridine rings is 1. The minimum Gasteiger partial charge on any atom is -0.474 e. The van der Waals surface area contributed by atoms with Crippen LogP contribution in [0.15, 0.2) is 18.2 Å². The van der Waals surface area contributed by atoms with E-state index in [1.807, 2.05) is 0 Å². The van der Waals surface area contributed by atoms with Crippen molar-refractivity contribution < 1.29 is 13.5 Å². The zero-order valence-electron chi connectivity index (χ0n) is 10.3. The first-order valence-electron chi connectivity index (χ1n) is 6.35. The summed E-state index contributed by atoms with van der Waals surface area (Å²) in [6.45, 7) is 2.35. The van der Waals surface area contributed by atoms with E-state index in [2.05, 4.69) is 9.88 Å². The molecule has 0 aromatic carbocycles. The number of hydrogen-bond acceptors (Lipinski definition) is 3. The third kappa shape index (κ3) is 3.91. The first kappa shape index (κ1) is 13.2. The van der Waals surface area contributed by atoms with Crippen LogP contribution in [0.4, 0.5) is 8.78 Å². The summed E-state index contributed by atoms with van der Waals surface area (Å²) in [4.78, 5) is 5.92. The maximum atomic E-state index is 12.9. The maximum Gasteiger partial charge on any atom is 0.216 e. The molecule has 100 valence electrons. The molecular weight excluding hydrogens is 238 g/mol. The fraction of sp³-hybridized carbons (Fsp3) is 0.615. The topological polar surface area (TPSA) is 25.4 Å². The molecule has 0 saturated carbocycles. The van der Waals surface area contributed by atoms with Gasteiger partial charge in [0, 0.05) is 25.7 Å². The van der Waals surface area contributed by atoms with Crippen LogP contribution in [-0.4, -0.2) is 42.3 Å². The molecule has 0 amide bonds. The van der Waals surface area contributed by atoms with E-state index < -0.39 is 5.95 Å². The third-order valence-electron chi connectivity index (χ3n) is 3.12. The first-order valence-corrected chi connectivity index (χ1v) is 6.35. The largest absolute Gasteiger partial charge is 0.474 e. The van der Waals surface area contributed by atoms with Gasteiger partial charge in [0.2, 0.25) is 11.8 Å². The molecule has 0 atom stereocenters. The summed E-state index contributed by atoms with van der Waals surface area (Å²) in [5, 5.41) is 0. The Kier molecular flexibility index (Phi) is 4.87. The monoisotopic (exact) mass is 256 g/mol. The van der Waals surface area contributed by atoms with Gasteiger partial charge in [-0.2, -0.15) is 9.37 Å². The predicted octanol–water partition coefficient (Wildman–Crippen LogP) is 2.42. The average molecular weight is 256 g/mol. The smallest absolute Gasteiger partial charge is 0.216 e. The first-order chi connectivity index (χ1) is 8.78. The second-order valence-corrected chi connectivity index (χ2v) is 4.50. The second-order valence-electron chi connectivity index (χ2n) is 4.50. The quantitative estimate of drug-likeness (QED) is 0.757. The van der Waals surface area contributed by atoms with E-state index in [9.17, 15) is 8.78 Å². The number of ether oxygens (including phenoxy) is 1. The highest BCUT2D eigenvalue weighted by Gasteiger charge is 2.20. The van der Waals surface area contributed by atoms with Crippen molar-refractivity contribution >= 4 is 0 Å². The van der Waals surface area contributed by atoms with Crippen molar-refractivity contribution in [2.75, 3.05) is 26.3 Å². The van der Waals surface area contributed by atoms with Crippen molar-refractivity contribution in [3.8, 4) is 5.88 Å². The Morgan fingerprint density at radius 3 is 2.78 bits per heavy atom. The van der Waals surface area contributed by atoms with E-state index in [1.165, 1.54) is 6.07 Å². The van der Waals surface area contributed by atoms with E-state index in [0.29, 0.717) is 12.3 Å². The predicted molar refractivity (Wildman–Crippen MR) is 64.9 cm³/mol. The van der Waals surface area contributed by atoms with Gasteiger partial charge in [0.25, 0.3) is 0 Å². The summed E-state index contributed by atoms with van der Waals surface area (Å²) in [7, 11) is 0. The molecule has 1 fully saturated rings. The highest BCUT2D eigenvalue weighted by Crippen LogP contribution is 2.17. The van der Waals surface area contributed by atoms with Crippen molar-refractivity contribution in [2.45, 2.75) is 25.4 Å². The number of aromatic nitrogens is 1. The maximum absolute atomic E-state index is 12.9. The number of nitrogens with zero attached hydrogens (tertiary/aromatic N) is 2. The Morgan fingerprint density at radius 2 is 2.11 bits per heavy atom. The van der Waals surface area contributed by atoms with E-state index in [1.54, 1.807) is 12.1 Å². The van der Waals surface area contributed by atoms with Gasteiger partial charge in [-0.15, -0.1) is 0 Å². The third-order valence-corrected chi connectivity index (χ3v) is 3.12. The summed E-state index contributed by atoms with van der Waals surface area (Å²) in [5.41, 5.74) is 0. The Bertz CT molecular complexity index is 368. The number of hydrogen-bond donors (Lipinski definition) is 0. The molecule has 2 rings (SSSR count). The van der Waals surface area contributed by atoms with E-state index in [4.69, 9.17) is 4.74 Å². The zero-order valence-corrected chi connectivity index (χ0v) is 10.3. The molecule has 1 aliphatic heterocycles. The molecule has 1 saturated heterocycles. The van der Waals surface area contributed by atoms with Gasteiger partial charge in [-0.05, 0) is 25.3 Å². The zero-order chi connectivity index (χ0) is 12.8. The van der Waals surface area contributed by atoms with Crippen LogP contribution in [0.2, 0.25) is 0 Å². The summed E-state index contributed by atoms with van der Waals surface area (Å²) in [6, 6.07) is 4.55. The molecule has 0 bridgehead atoms. The summed E-state index contributed by atoms with van der Waals surface area (Å²) in [5.74, 6) is -0.176. The Hall–Kier alpha value is -1.23. The standard InChI is InChI=1S/C13H18F2N2O/c14-7-2-8-17-9-5-11(6-10-17)18-13-4-1-3-12(15)16-13/h1,3-4,11H,2,5-10H2. The molecule has 1 aromatic rings. The lowest BCUT2D eigenvalue weighted by atomic mass is 10.1. The molecule has 2 heterocycles.